The molecule has 1 heterocycles. The van der Waals surface area contributed by atoms with E-state index in [0.717, 1.165) is 23.0 Å². The van der Waals surface area contributed by atoms with Crippen molar-refractivity contribution in [2.75, 3.05) is 5.73 Å². The molecule has 1 aromatic carbocycles. The van der Waals surface area contributed by atoms with Gasteiger partial charge in [-0.25, -0.2) is 13.9 Å². The number of benzene rings is 1. The number of hydrogen-bond acceptors (Lipinski definition) is 3. The fraction of sp³-hybridized carbons (Fsp3) is 0.231. The lowest BCUT2D eigenvalue weighted by molar-refractivity contribution is 0.0698. The summed E-state index contributed by atoms with van der Waals surface area (Å²) < 4.78 is 15.4. The Balaban J connectivity index is 2.71. The summed E-state index contributed by atoms with van der Waals surface area (Å²) in [5, 5.41) is 13.2. The van der Waals surface area contributed by atoms with Gasteiger partial charge < -0.3 is 10.8 Å². The summed E-state index contributed by atoms with van der Waals surface area (Å²) in [7, 11) is 0. The Morgan fingerprint density at radius 3 is 2.47 bits per heavy atom. The third-order valence-electron chi connectivity index (χ3n) is 3.23. The number of anilines is 1. The minimum Gasteiger partial charge on any atom is -0.478 e. The first-order valence-corrected chi connectivity index (χ1v) is 5.68. The Morgan fingerprint density at radius 2 is 2.00 bits per heavy atom. The van der Waals surface area contributed by atoms with Crippen LogP contribution in [0.2, 0.25) is 0 Å². The number of nitrogens with two attached hydrogens (primary N) is 1. The molecule has 0 unspecified atom stereocenters. The van der Waals surface area contributed by atoms with E-state index in [1.54, 1.807) is 6.92 Å². The molecule has 0 bridgehead atoms. The smallest absolute Gasteiger partial charge is 0.337 e. The number of halogens is 1. The van der Waals surface area contributed by atoms with E-state index in [0.29, 0.717) is 0 Å². The van der Waals surface area contributed by atoms with Crippen LogP contribution in [-0.4, -0.2) is 20.9 Å². The van der Waals surface area contributed by atoms with Crippen LogP contribution >= 0.6 is 0 Å². The molecule has 100 valence electrons. The second-order valence-electron chi connectivity index (χ2n) is 4.40. The van der Waals surface area contributed by atoms with Crippen LogP contribution in [0.1, 0.15) is 27.3 Å². The first-order chi connectivity index (χ1) is 8.82. The lowest BCUT2D eigenvalue weighted by Gasteiger charge is -2.09. The summed E-state index contributed by atoms with van der Waals surface area (Å²) in [6.45, 7) is 5.49. The van der Waals surface area contributed by atoms with Crippen LogP contribution in [-0.2, 0) is 0 Å². The Morgan fingerprint density at radius 1 is 1.37 bits per heavy atom. The van der Waals surface area contributed by atoms with E-state index in [1.807, 2.05) is 13.8 Å². The van der Waals surface area contributed by atoms with E-state index in [2.05, 4.69) is 5.10 Å². The molecule has 3 N–H and O–H groups in total. The van der Waals surface area contributed by atoms with Gasteiger partial charge in [-0.3, -0.25) is 0 Å². The molecule has 0 aliphatic heterocycles. The van der Waals surface area contributed by atoms with E-state index < -0.39 is 11.8 Å². The Hall–Kier alpha value is -2.37. The van der Waals surface area contributed by atoms with Crippen molar-refractivity contribution in [2.45, 2.75) is 20.8 Å². The maximum Gasteiger partial charge on any atom is 0.337 e. The van der Waals surface area contributed by atoms with Crippen molar-refractivity contribution in [3.05, 3.63) is 40.5 Å². The van der Waals surface area contributed by atoms with Gasteiger partial charge in [-0.05, 0) is 38.5 Å². The molecule has 0 atom stereocenters. The number of aromatic carboxylic acids is 1. The molecule has 0 aliphatic carbocycles. The molecule has 6 heteroatoms. The van der Waals surface area contributed by atoms with E-state index in [-0.39, 0.29) is 16.9 Å². The number of nitrogens with zero attached hydrogens (tertiary/aromatic N) is 2. The van der Waals surface area contributed by atoms with Crippen LogP contribution in [0.15, 0.2) is 12.1 Å². The van der Waals surface area contributed by atoms with Crippen molar-refractivity contribution in [1.82, 2.24) is 9.78 Å². The van der Waals surface area contributed by atoms with Gasteiger partial charge in [-0.1, -0.05) is 0 Å². The molecule has 0 saturated heterocycles. The van der Waals surface area contributed by atoms with Gasteiger partial charge in [0.2, 0.25) is 0 Å². The van der Waals surface area contributed by atoms with Crippen molar-refractivity contribution < 1.29 is 14.3 Å². The van der Waals surface area contributed by atoms with Gasteiger partial charge in [0.15, 0.2) is 5.82 Å². The lowest BCUT2D eigenvalue weighted by Crippen LogP contribution is -2.08. The molecular weight excluding hydrogens is 249 g/mol. The number of aryl methyl sites for hydroxylation is 1. The molecule has 0 spiro atoms. The normalized spacial score (nSPS) is 10.7. The third-order valence-corrected chi connectivity index (χ3v) is 3.23. The predicted octanol–water partition coefficient (Wildman–Crippen LogP) is 2.22. The molecular formula is C13H14FN3O2. The number of rotatable bonds is 2. The van der Waals surface area contributed by atoms with Crippen LogP contribution in [0.5, 0.6) is 0 Å². The third kappa shape index (κ3) is 2.05. The molecule has 0 saturated carbocycles. The number of carboxylic acids is 1. The van der Waals surface area contributed by atoms with Crippen molar-refractivity contribution in [3.8, 4) is 5.69 Å². The molecule has 0 aliphatic rings. The SMILES string of the molecule is Cc1nn(-c2cc(C(=O)O)c(N)cc2F)c(C)c1C. The standard InChI is InChI=1S/C13H14FN3O2/c1-6-7(2)16-17(8(6)3)12-4-9(13(18)19)11(15)5-10(12)14/h4-5H,15H2,1-3H3,(H,18,19). The second-order valence-corrected chi connectivity index (χ2v) is 4.40. The highest BCUT2D eigenvalue weighted by Crippen LogP contribution is 2.24. The summed E-state index contributed by atoms with van der Waals surface area (Å²) in [5.41, 5.74) is 7.80. The van der Waals surface area contributed by atoms with E-state index in [9.17, 15) is 9.18 Å². The maximum absolute atomic E-state index is 14.0. The average molecular weight is 263 g/mol. The van der Waals surface area contributed by atoms with Crippen LogP contribution in [0.4, 0.5) is 10.1 Å². The number of carboxylic acid groups (broad SMARTS) is 1. The number of nitrogen functional groups attached to an aromatic ring is 1. The molecule has 5 nitrogen and oxygen atoms in total. The Labute approximate surface area is 109 Å². The van der Waals surface area contributed by atoms with Crippen LogP contribution in [0.3, 0.4) is 0 Å². The van der Waals surface area contributed by atoms with Gasteiger partial charge in [0.25, 0.3) is 0 Å². The fourth-order valence-electron chi connectivity index (χ4n) is 1.88. The van der Waals surface area contributed by atoms with Crippen LogP contribution in [0, 0.1) is 26.6 Å². The summed E-state index contributed by atoms with van der Waals surface area (Å²) in [5.74, 6) is -1.80. The van der Waals surface area contributed by atoms with Crippen LogP contribution < -0.4 is 5.73 Å². The number of carbonyl (C=O) groups is 1. The summed E-state index contributed by atoms with van der Waals surface area (Å²) in [6, 6.07) is 2.20. The van der Waals surface area contributed by atoms with Gasteiger partial charge in [0.05, 0.1) is 11.3 Å². The number of aromatic nitrogens is 2. The van der Waals surface area contributed by atoms with Crippen LogP contribution in [0.25, 0.3) is 5.69 Å². The van der Waals surface area contributed by atoms with Gasteiger partial charge in [0.1, 0.15) is 5.69 Å². The van der Waals surface area contributed by atoms with Crippen molar-refractivity contribution >= 4 is 11.7 Å². The highest BCUT2D eigenvalue weighted by Gasteiger charge is 2.17. The summed E-state index contributed by atoms with van der Waals surface area (Å²) >= 11 is 0. The molecule has 0 amide bonds. The summed E-state index contributed by atoms with van der Waals surface area (Å²) in [4.78, 5) is 11.0. The zero-order valence-corrected chi connectivity index (χ0v) is 10.9. The highest BCUT2D eigenvalue weighted by atomic mass is 19.1. The first-order valence-electron chi connectivity index (χ1n) is 5.68. The average Bonchev–Trinajstić information content (AvgIpc) is 2.57. The zero-order chi connectivity index (χ0) is 14.3. The highest BCUT2D eigenvalue weighted by molar-refractivity contribution is 5.94. The zero-order valence-electron chi connectivity index (χ0n) is 10.9. The van der Waals surface area contributed by atoms with E-state index >= 15 is 0 Å². The molecule has 0 fully saturated rings. The largest absolute Gasteiger partial charge is 0.478 e. The van der Waals surface area contributed by atoms with Gasteiger partial charge in [-0.15, -0.1) is 0 Å². The van der Waals surface area contributed by atoms with Crippen molar-refractivity contribution in [3.63, 3.8) is 0 Å². The van der Waals surface area contributed by atoms with Crippen molar-refractivity contribution in [2.24, 2.45) is 0 Å². The quantitative estimate of drug-likeness (QED) is 0.814. The fourth-order valence-corrected chi connectivity index (χ4v) is 1.88. The maximum atomic E-state index is 14.0. The first kappa shape index (κ1) is 13.1. The minimum absolute atomic E-state index is 0.0836. The van der Waals surface area contributed by atoms with Gasteiger partial charge in [-0.2, -0.15) is 5.10 Å². The Bertz CT molecular complexity index is 677. The van der Waals surface area contributed by atoms with Gasteiger partial charge >= 0.3 is 5.97 Å². The lowest BCUT2D eigenvalue weighted by atomic mass is 10.1. The van der Waals surface area contributed by atoms with Crippen molar-refractivity contribution in [1.29, 1.82) is 0 Å². The second kappa shape index (κ2) is 4.38. The minimum atomic E-state index is -1.20. The van der Waals surface area contributed by atoms with E-state index in [1.165, 1.54) is 10.7 Å². The Kier molecular flexibility index (Phi) is 3.01. The molecule has 0 radical (unpaired) electrons. The topological polar surface area (TPSA) is 81.1 Å². The van der Waals surface area contributed by atoms with E-state index in [4.69, 9.17) is 10.8 Å². The predicted molar refractivity (Wildman–Crippen MR) is 69.1 cm³/mol. The molecule has 2 aromatic rings. The molecule has 19 heavy (non-hydrogen) atoms. The molecule has 1 aromatic heterocycles. The molecule has 2 rings (SSSR count). The monoisotopic (exact) mass is 263 g/mol. The summed E-state index contributed by atoms with van der Waals surface area (Å²) in [6.07, 6.45) is 0. The van der Waals surface area contributed by atoms with Gasteiger partial charge in [0, 0.05) is 11.4 Å². The number of hydrogen-bond donors (Lipinski definition) is 2.